The predicted octanol–water partition coefficient (Wildman–Crippen LogP) is 2.60. The van der Waals surface area contributed by atoms with E-state index in [2.05, 4.69) is 17.1 Å². The molecule has 1 amide bonds. The fourth-order valence-corrected chi connectivity index (χ4v) is 4.15. The van der Waals surface area contributed by atoms with Crippen LogP contribution in [-0.2, 0) is 0 Å². The lowest BCUT2D eigenvalue weighted by Gasteiger charge is -2.50. The zero-order valence-electron chi connectivity index (χ0n) is 14.6. The molecule has 4 heteroatoms. The molecule has 3 saturated heterocycles. The van der Waals surface area contributed by atoms with Gasteiger partial charge in [-0.1, -0.05) is 13.3 Å². The Balaban J connectivity index is 1.53. The summed E-state index contributed by atoms with van der Waals surface area (Å²) < 4.78 is 0. The smallest absolute Gasteiger partial charge is 0.251 e. The second kappa shape index (κ2) is 6.91. The molecule has 2 bridgehead atoms. The summed E-state index contributed by atoms with van der Waals surface area (Å²) in [7, 11) is 4.01. The van der Waals surface area contributed by atoms with Crippen LogP contribution in [0.3, 0.4) is 0 Å². The lowest BCUT2D eigenvalue weighted by molar-refractivity contribution is 0.000726. The number of benzene rings is 1. The summed E-state index contributed by atoms with van der Waals surface area (Å²) in [6.07, 6.45) is 3.88. The van der Waals surface area contributed by atoms with Crippen LogP contribution < -0.4 is 10.2 Å². The van der Waals surface area contributed by atoms with Gasteiger partial charge in [-0.05, 0) is 55.5 Å². The molecule has 126 valence electrons. The van der Waals surface area contributed by atoms with Crippen LogP contribution in [0.5, 0.6) is 0 Å². The van der Waals surface area contributed by atoms with Crippen molar-refractivity contribution in [3.63, 3.8) is 0 Å². The van der Waals surface area contributed by atoms with E-state index in [1.165, 1.54) is 32.4 Å². The average molecular weight is 315 g/mol. The Labute approximate surface area is 139 Å². The lowest BCUT2D eigenvalue weighted by atomic mass is 9.74. The standard InChI is InChI=1S/C19H29N3O/c1-4-14-13-22-10-9-16(14)11-18(22)12-20-19(23)15-5-7-17(8-6-15)21(2)3/h5-8,14,16,18H,4,9-13H2,1-3H3,(H,20,23)/t14-,16+,18-/m1/s1. The van der Waals surface area contributed by atoms with Crippen LogP contribution in [0.1, 0.15) is 36.5 Å². The van der Waals surface area contributed by atoms with Crippen LogP contribution in [0.2, 0.25) is 0 Å². The van der Waals surface area contributed by atoms with E-state index in [4.69, 9.17) is 0 Å². The number of nitrogens with one attached hydrogen (secondary N) is 1. The van der Waals surface area contributed by atoms with Crippen molar-refractivity contribution in [3.8, 4) is 0 Å². The molecule has 1 unspecified atom stereocenters. The molecule has 3 aliphatic rings. The van der Waals surface area contributed by atoms with Gasteiger partial charge in [0, 0.05) is 44.5 Å². The minimum Gasteiger partial charge on any atom is -0.378 e. The van der Waals surface area contributed by atoms with E-state index in [0.717, 1.165) is 29.6 Å². The molecule has 0 radical (unpaired) electrons. The topological polar surface area (TPSA) is 35.6 Å². The van der Waals surface area contributed by atoms with Crippen LogP contribution in [-0.4, -0.2) is 50.6 Å². The van der Waals surface area contributed by atoms with E-state index >= 15 is 0 Å². The van der Waals surface area contributed by atoms with Crippen LogP contribution in [0.15, 0.2) is 24.3 Å². The van der Waals surface area contributed by atoms with Crippen molar-refractivity contribution in [3.05, 3.63) is 29.8 Å². The number of fused-ring (bicyclic) bond motifs is 3. The van der Waals surface area contributed by atoms with E-state index in [-0.39, 0.29) is 5.91 Å². The van der Waals surface area contributed by atoms with Gasteiger partial charge in [-0.2, -0.15) is 0 Å². The van der Waals surface area contributed by atoms with Crippen LogP contribution in [0.4, 0.5) is 5.69 Å². The van der Waals surface area contributed by atoms with Gasteiger partial charge in [0.1, 0.15) is 0 Å². The van der Waals surface area contributed by atoms with E-state index in [1.54, 1.807) is 0 Å². The molecule has 4 nitrogen and oxygen atoms in total. The average Bonchev–Trinajstić information content (AvgIpc) is 2.60. The Morgan fingerprint density at radius 3 is 2.61 bits per heavy atom. The summed E-state index contributed by atoms with van der Waals surface area (Å²) in [5.74, 6) is 1.78. The first-order valence-electron chi connectivity index (χ1n) is 8.88. The quantitative estimate of drug-likeness (QED) is 0.907. The number of rotatable bonds is 5. The Bertz CT molecular complexity index is 540. The summed E-state index contributed by atoms with van der Waals surface area (Å²) in [6, 6.07) is 8.33. The molecule has 4 rings (SSSR count). The molecule has 0 aliphatic carbocycles. The van der Waals surface area contributed by atoms with Gasteiger partial charge < -0.3 is 10.2 Å². The second-order valence-electron chi connectivity index (χ2n) is 7.25. The molecule has 1 aromatic rings. The van der Waals surface area contributed by atoms with Crippen molar-refractivity contribution >= 4 is 11.6 Å². The molecule has 3 heterocycles. The minimum atomic E-state index is 0.0463. The molecular weight excluding hydrogens is 286 g/mol. The predicted molar refractivity (Wildman–Crippen MR) is 95.0 cm³/mol. The number of nitrogens with zero attached hydrogens (tertiary/aromatic N) is 2. The molecule has 0 aromatic heterocycles. The van der Waals surface area contributed by atoms with E-state index in [9.17, 15) is 4.79 Å². The van der Waals surface area contributed by atoms with E-state index in [0.29, 0.717) is 6.04 Å². The molecule has 23 heavy (non-hydrogen) atoms. The van der Waals surface area contributed by atoms with Crippen molar-refractivity contribution < 1.29 is 4.79 Å². The highest BCUT2D eigenvalue weighted by molar-refractivity contribution is 5.94. The fraction of sp³-hybridized carbons (Fsp3) is 0.632. The SMILES string of the molecule is CC[C@@H]1CN2CC[C@H]1C[C@@H]2CNC(=O)c1ccc(N(C)C)cc1. The summed E-state index contributed by atoms with van der Waals surface area (Å²) >= 11 is 0. The minimum absolute atomic E-state index is 0.0463. The van der Waals surface area contributed by atoms with Gasteiger partial charge >= 0.3 is 0 Å². The van der Waals surface area contributed by atoms with Crippen LogP contribution >= 0.6 is 0 Å². The number of anilines is 1. The van der Waals surface area contributed by atoms with Crippen molar-refractivity contribution in [1.82, 2.24) is 10.2 Å². The Morgan fingerprint density at radius 1 is 1.30 bits per heavy atom. The van der Waals surface area contributed by atoms with Gasteiger partial charge in [-0.3, -0.25) is 9.69 Å². The maximum atomic E-state index is 12.4. The third-order valence-corrected chi connectivity index (χ3v) is 5.68. The largest absolute Gasteiger partial charge is 0.378 e. The molecule has 1 aromatic carbocycles. The van der Waals surface area contributed by atoms with Crippen molar-refractivity contribution in [1.29, 1.82) is 0 Å². The number of carbonyl (C=O) groups excluding carboxylic acids is 1. The summed E-state index contributed by atoms with van der Waals surface area (Å²) in [5.41, 5.74) is 1.86. The van der Waals surface area contributed by atoms with Crippen LogP contribution in [0.25, 0.3) is 0 Å². The first-order chi connectivity index (χ1) is 11.1. The summed E-state index contributed by atoms with van der Waals surface area (Å²) in [6.45, 7) is 5.51. The highest BCUT2D eigenvalue weighted by atomic mass is 16.1. The van der Waals surface area contributed by atoms with Crippen molar-refractivity contribution in [2.24, 2.45) is 11.8 Å². The number of carbonyl (C=O) groups is 1. The lowest BCUT2D eigenvalue weighted by Crippen LogP contribution is -2.56. The molecule has 1 N–H and O–H groups in total. The van der Waals surface area contributed by atoms with Crippen molar-refractivity contribution in [2.45, 2.75) is 32.2 Å². The monoisotopic (exact) mass is 315 g/mol. The number of piperidine rings is 3. The third-order valence-electron chi connectivity index (χ3n) is 5.68. The Morgan fingerprint density at radius 2 is 2.04 bits per heavy atom. The molecule has 0 spiro atoms. The first kappa shape index (κ1) is 16.3. The molecule has 4 atom stereocenters. The summed E-state index contributed by atoms with van der Waals surface area (Å²) in [5, 5.41) is 3.14. The molecular formula is C19H29N3O. The zero-order chi connectivity index (χ0) is 16.4. The molecule has 0 saturated carbocycles. The first-order valence-corrected chi connectivity index (χ1v) is 8.88. The second-order valence-corrected chi connectivity index (χ2v) is 7.25. The Kier molecular flexibility index (Phi) is 4.90. The van der Waals surface area contributed by atoms with Gasteiger partial charge in [-0.15, -0.1) is 0 Å². The van der Waals surface area contributed by atoms with Gasteiger partial charge in [0.15, 0.2) is 0 Å². The maximum absolute atomic E-state index is 12.4. The van der Waals surface area contributed by atoms with Crippen molar-refractivity contribution in [2.75, 3.05) is 38.6 Å². The molecule has 3 aliphatic heterocycles. The van der Waals surface area contributed by atoms with Crippen LogP contribution in [0, 0.1) is 11.8 Å². The number of amides is 1. The zero-order valence-corrected chi connectivity index (χ0v) is 14.6. The van der Waals surface area contributed by atoms with Gasteiger partial charge in [0.05, 0.1) is 0 Å². The maximum Gasteiger partial charge on any atom is 0.251 e. The summed E-state index contributed by atoms with van der Waals surface area (Å²) in [4.78, 5) is 17.0. The van der Waals surface area contributed by atoms with E-state index < -0.39 is 0 Å². The molecule has 3 fully saturated rings. The van der Waals surface area contributed by atoms with Gasteiger partial charge in [0.2, 0.25) is 0 Å². The normalized spacial score (nSPS) is 29.3. The highest BCUT2D eigenvalue weighted by Crippen LogP contribution is 2.37. The third kappa shape index (κ3) is 3.52. The Hall–Kier alpha value is -1.55. The fourth-order valence-electron chi connectivity index (χ4n) is 4.15. The number of hydrogen-bond acceptors (Lipinski definition) is 3. The van der Waals surface area contributed by atoms with E-state index in [1.807, 2.05) is 43.3 Å². The van der Waals surface area contributed by atoms with Gasteiger partial charge in [-0.25, -0.2) is 0 Å². The highest BCUT2D eigenvalue weighted by Gasteiger charge is 2.38. The number of hydrogen-bond donors (Lipinski definition) is 1. The van der Waals surface area contributed by atoms with Gasteiger partial charge in [0.25, 0.3) is 5.91 Å².